The third kappa shape index (κ3) is 3.75. The van der Waals surface area contributed by atoms with Crippen molar-refractivity contribution in [1.82, 2.24) is 0 Å². The molecule has 0 aliphatic rings. The Kier molecular flexibility index (Phi) is 5.08. The number of alkyl halides is 3. The zero-order valence-electron chi connectivity index (χ0n) is 9.99. The Morgan fingerprint density at radius 1 is 0.950 bits per heavy atom. The van der Waals surface area contributed by atoms with Gasteiger partial charge in [-0.1, -0.05) is 41.4 Å². The smallest absolute Gasteiger partial charge is 0.387 e. The summed E-state index contributed by atoms with van der Waals surface area (Å²) in [6, 6.07) is 11.1. The summed E-state index contributed by atoms with van der Waals surface area (Å²) in [7, 11) is 0. The predicted molar refractivity (Wildman–Crippen MR) is 77.2 cm³/mol. The van der Waals surface area contributed by atoms with Gasteiger partial charge < -0.3 is 4.74 Å². The second kappa shape index (κ2) is 6.61. The Labute approximate surface area is 130 Å². The van der Waals surface area contributed by atoms with Crippen molar-refractivity contribution in [2.45, 2.75) is 12.0 Å². The molecule has 0 amide bonds. The molecule has 1 atom stereocenters. The molecule has 0 spiro atoms. The second-order valence-electron chi connectivity index (χ2n) is 3.98. The molecule has 0 saturated heterocycles. The molecule has 0 saturated carbocycles. The number of ether oxygens (including phenoxy) is 1. The quantitative estimate of drug-likeness (QED) is 0.629. The fraction of sp³-hybridized carbons (Fsp3) is 0.143. The topological polar surface area (TPSA) is 9.23 Å². The summed E-state index contributed by atoms with van der Waals surface area (Å²) < 4.78 is 28.4. The molecule has 0 radical (unpaired) electrons. The maximum Gasteiger partial charge on any atom is 0.387 e. The van der Waals surface area contributed by atoms with Crippen molar-refractivity contribution in [3.8, 4) is 5.75 Å². The normalized spacial score (nSPS) is 12.5. The van der Waals surface area contributed by atoms with Crippen molar-refractivity contribution in [2.75, 3.05) is 0 Å². The van der Waals surface area contributed by atoms with Crippen LogP contribution in [0.3, 0.4) is 0 Å². The second-order valence-corrected chi connectivity index (χ2v) is 5.26. The van der Waals surface area contributed by atoms with Gasteiger partial charge in [-0.2, -0.15) is 8.78 Å². The van der Waals surface area contributed by atoms with E-state index in [9.17, 15) is 8.78 Å². The molecule has 0 bridgehead atoms. The Morgan fingerprint density at radius 2 is 1.60 bits per heavy atom. The molecule has 2 aromatic carbocycles. The number of benzene rings is 2. The molecule has 106 valence electrons. The van der Waals surface area contributed by atoms with Gasteiger partial charge in [-0.15, -0.1) is 11.6 Å². The molecule has 0 aliphatic carbocycles. The maximum absolute atomic E-state index is 12.1. The summed E-state index contributed by atoms with van der Waals surface area (Å²) in [6.45, 7) is -2.85. The monoisotopic (exact) mass is 336 g/mol. The summed E-state index contributed by atoms with van der Waals surface area (Å²) in [6.07, 6.45) is 0. The number of halogens is 5. The Bertz CT molecular complexity index is 587. The predicted octanol–water partition coefficient (Wildman–Crippen LogP) is 5.92. The van der Waals surface area contributed by atoms with E-state index in [2.05, 4.69) is 4.74 Å². The van der Waals surface area contributed by atoms with Crippen LogP contribution in [0.2, 0.25) is 10.0 Å². The van der Waals surface area contributed by atoms with Crippen LogP contribution in [0.5, 0.6) is 5.75 Å². The van der Waals surface area contributed by atoms with E-state index in [1.165, 1.54) is 12.1 Å². The molecule has 0 aromatic heterocycles. The number of rotatable bonds is 4. The molecule has 2 rings (SSSR count). The molecule has 2 aromatic rings. The highest BCUT2D eigenvalue weighted by atomic mass is 35.5. The van der Waals surface area contributed by atoms with Crippen LogP contribution in [-0.2, 0) is 0 Å². The third-order valence-electron chi connectivity index (χ3n) is 2.63. The van der Waals surface area contributed by atoms with E-state index in [0.717, 1.165) is 5.56 Å². The minimum atomic E-state index is -2.85. The molecular formula is C14H9Cl3F2O. The fourth-order valence-electron chi connectivity index (χ4n) is 1.70. The Morgan fingerprint density at radius 3 is 2.15 bits per heavy atom. The lowest BCUT2D eigenvalue weighted by atomic mass is 10.0. The summed E-state index contributed by atoms with van der Waals surface area (Å²) in [5, 5.41) is 0.467. The molecule has 1 nitrogen and oxygen atoms in total. The number of hydrogen-bond acceptors (Lipinski definition) is 1. The van der Waals surface area contributed by atoms with E-state index >= 15 is 0 Å². The lowest BCUT2D eigenvalue weighted by Gasteiger charge is -2.13. The highest BCUT2D eigenvalue weighted by molar-refractivity contribution is 6.36. The molecule has 0 fully saturated rings. The van der Waals surface area contributed by atoms with Crippen molar-refractivity contribution in [1.29, 1.82) is 0 Å². The molecule has 1 unspecified atom stereocenters. The molecule has 0 heterocycles. The minimum Gasteiger partial charge on any atom is -0.435 e. The average molecular weight is 338 g/mol. The van der Waals surface area contributed by atoms with Gasteiger partial charge in [-0.05, 0) is 35.4 Å². The van der Waals surface area contributed by atoms with Crippen molar-refractivity contribution in [3.05, 3.63) is 63.6 Å². The van der Waals surface area contributed by atoms with E-state index in [1.807, 2.05) is 0 Å². The van der Waals surface area contributed by atoms with E-state index < -0.39 is 12.0 Å². The first kappa shape index (κ1) is 15.4. The van der Waals surface area contributed by atoms with Crippen LogP contribution in [0.25, 0.3) is 0 Å². The van der Waals surface area contributed by atoms with Gasteiger partial charge in [0.05, 0.1) is 5.38 Å². The first-order chi connectivity index (χ1) is 9.47. The third-order valence-corrected chi connectivity index (χ3v) is 3.68. The summed E-state index contributed by atoms with van der Waals surface area (Å²) >= 11 is 18.2. The highest BCUT2D eigenvalue weighted by Crippen LogP contribution is 2.35. The lowest BCUT2D eigenvalue weighted by molar-refractivity contribution is -0.0498. The number of hydrogen-bond donors (Lipinski definition) is 0. The van der Waals surface area contributed by atoms with E-state index in [-0.39, 0.29) is 5.75 Å². The van der Waals surface area contributed by atoms with Crippen molar-refractivity contribution >= 4 is 34.8 Å². The molecule has 6 heteroatoms. The van der Waals surface area contributed by atoms with Crippen molar-refractivity contribution in [3.63, 3.8) is 0 Å². The van der Waals surface area contributed by atoms with Gasteiger partial charge >= 0.3 is 6.61 Å². The fourth-order valence-corrected chi connectivity index (χ4v) is 2.61. The van der Waals surface area contributed by atoms with Gasteiger partial charge in [-0.25, -0.2) is 0 Å². The average Bonchev–Trinajstić information content (AvgIpc) is 2.38. The molecular weight excluding hydrogens is 329 g/mol. The first-order valence-corrected chi connectivity index (χ1v) is 6.80. The van der Waals surface area contributed by atoms with Gasteiger partial charge in [-0.3, -0.25) is 0 Å². The van der Waals surface area contributed by atoms with E-state index in [0.29, 0.717) is 15.6 Å². The van der Waals surface area contributed by atoms with Crippen LogP contribution in [0, 0.1) is 0 Å². The van der Waals surface area contributed by atoms with Crippen LogP contribution in [0.4, 0.5) is 8.78 Å². The van der Waals surface area contributed by atoms with Gasteiger partial charge in [0.2, 0.25) is 0 Å². The minimum absolute atomic E-state index is 0.0785. The van der Waals surface area contributed by atoms with Gasteiger partial charge in [0, 0.05) is 10.0 Å². The zero-order valence-corrected chi connectivity index (χ0v) is 12.3. The molecule has 0 aliphatic heterocycles. The van der Waals surface area contributed by atoms with Crippen LogP contribution in [0.15, 0.2) is 42.5 Å². The van der Waals surface area contributed by atoms with Gasteiger partial charge in [0.1, 0.15) is 5.75 Å². The van der Waals surface area contributed by atoms with E-state index in [4.69, 9.17) is 34.8 Å². The van der Waals surface area contributed by atoms with E-state index in [1.54, 1.807) is 30.3 Å². The summed E-state index contributed by atoms with van der Waals surface area (Å²) in [5.74, 6) is 0.0785. The first-order valence-electron chi connectivity index (χ1n) is 5.61. The molecule has 20 heavy (non-hydrogen) atoms. The highest BCUT2D eigenvalue weighted by Gasteiger charge is 2.15. The Balaban J connectivity index is 2.22. The SMILES string of the molecule is FC(F)Oc1ccc(C(Cl)c2ccc(Cl)cc2Cl)cc1. The maximum atomic E-state index is 12.1. The zero-order chi connectivity index (χ0) is 14.7. The van der Waals surface area contributed by atoms with Crippen molar-refractivity contribution in [2.24, 2.45) is 0 Å². The summed E-state index contributed by atoms with van der Waals surface area (Å²) in [5.41, 5.74) is 1.41. The van der Waals surface area contributed by atoms with Crippen LogP contribution in [0.1, 0.15) is 16.5 Å². The molecule has 0 N–H and O–H groups in total. The van der Waals surface area contributed by atoms with Crippen molar-refractivity contribution < 1.29 is 13.5 Å². The van der Waals surface area contributed by atoms with Gasteiger partial charge in [0.15, 0.2) is 0 Å². The largest absolute Gasteiger partial charge is 0.435 e. The lowest BCUT2D eigenvalue weighted by Crippen LogP contribution is -2.02. The van der Waals surface area contributed by atoms with Gasteiger partial charge in [0.25, 0.3) is 0 Å². The summed E-state index contributed by atoms with van der Waals surface area (Å²) in [4.78, 5) is 0. The Hall–Kier alpha value is -1.03. The van der Waals surface area contributed by atoms with Crippen LogP contribution in [-0.4, -0.2) is 6.61 Å². The van der Waals surface area contributed by atoms with Crippen LogP contribution < -0.4 is 4.74 Å². The van der Waals surface area contributed by atoms with Crippen LogP contribution >= 0.6 is 34.8 Å². The standard InChI is InChI=1S/C14H9Cl3F2O/c15-9-3-6-11(12(16)7-9)13(17)8-1-4-10(5-2-8)20-14(18)19/h1-7,13-14H.